The second-order valence-corrected chi connectivity index (χ2v) is 4.92. The molecule has 1 aromatic carbocycles. The number of aromatic carboxylic acids is 1. The summed E-state index contributed by atoms with van der Waals surface area (Å²) in [4.78, 5) is 24.2. The van der Waals surface area contributed by atoms with E-state index in [9.17, 15) is 18.4 Å². The molecule has 0 aliphatic rings. The summed E-state index contributed by atoms with van der Waals surface area (Å²) < 4.78 is 27.0. The number of hydrogen-bond acceptors (Lipinski definition) is 7. The maximum absolute atomic E-state index is 13.7. The van der Waals surface area contributed by atoms with E-state index in [1.807, 2.05) is 0 Å². The van der Waals surface area contributed by atoms with Gasteiger partial charge in [-0.05, 0) is 18.2 Å². The van der Waals surface area contributed by atoms with Gasteiger partial charge in [0.05, 0.1) is 16.9 Å². The largest absolute Gasteiger partial charge is 0.478 e. The predicted molar refractivity (Wildman–Crippen MR) is 88.0 cm³/mol. The first-order valence-electron chi connectivity index (χ1n) is 6.77. The van der Waals surface area contributed by atoms with Crippen LogP contribution >= 0.6 is 0 Å². The quantitative estimate of drug-likeness (QED) is 0.374. The summed E-state index contributed by atoms with van der Waals surface area (Å²) in [5.41, 5.74) is 3.53. The van der Waals surface area contributed by atoms with E-state index in [1.165, 1.54) is 0 Å². The molecule has 0 saturated carbocycles. The van der Waals surface area contributed by atoms with E-state index < -0.39 is 34.6 Å². The highest BCUT2D eigenvalue weighted by atomic mass is 19.1. The van der Waals surface area contributed by atoms with Gasteiger partial charge in [0.2, 0.25) is 5.49 Å². The molecule has 2 rings (SSSR count). The molecule has 0 aliphatic heterocycles. The lowest BCUT2D eigenvalue weighted by molar-refractivity contribution is 0.0697. The molecule has 2 aromatic rings. The summed E-state index contributed by atoms with van der Waals surface area (Å²) in [5.74, 6) is 5.78. The Morgan fingerprint density at radius 1 is 1.31 bits per heavy atom. The zero-order chi connectivity index (χ0) is 19.6. The zero-order valence-corrected chi connectivity index (χ0v) is 13.0. The molecule has 1 amide bonds. The molecule has 0 fully saturated rings. The number of hydrogen-bond donors (Lipinski definition) is 5. The number of nitrogens with one attached hydrogen (secondary N) is 1. The molecule has 1 aromatic heterocycles. The van der Waals surface area contributed by atoms with E-state index in [0.717, 1.165) is 12.1 Å². The van der Waals surface area contributed by atoms with Crippen LogP contribution in [0.3, 0.4) is 0 Å². The van der Waals surface area contributed by atoms with Crippen molar-refractivity contribution in [2.75, 3.05) is 16.9 Å². The van der Waals surface area contributed by atoms with Gasteiger partial charge in [0.15, 0.2) is 5.69 Å². The van der Waals surface area contributed by atoms with Crippen molar-refractivity contribution < 1.29 is 23.5 Å². The Bertz CT molecular complexity index is 975. The molecule has 0 atom stereocenters. The van der Waals surface area contributed by atoms with Gasteiger partial charge in [0.25, 0.3) is 5.91 Å². The number of carbonyl (C=O) groups is 2. The van der Waals surface area contributed by atoms with Gasteiger partial charge in [0.1, 0.15) is 11.6 Å². The van der Waals surface area contributed by atoms with E-state index in [2.05, 4.69) is 22.1 Å². The van der Waals surface area contributed by atoms with Crippen LogP contribution in [0.1, 0.15) is 26.4 Å². The van der Waals surface area contributed by atoms with Crippen molar-refractivity contribution in [3.8, 4) is 0 Å². The Hall–Kier alpha value is -3.96. The van der Waals surface area contributed by atoms with E-state index in [0.29, 0.717) is 10.9 Å². The van der Waals surface area contributed by atoms with Gasteiger partial charge in [0, 0.05) is 5.56 Å². The summed E-state index contributed by atoms with van der Waals surface area (Å²) in [6.07, 6.45) is 0. The first-order valence-corrected chi connectivity index (χ1v) is 6.77. The first-order chi connectivity index (χ1) is 12.1. The Balaban J connectivity index is 2.51. The number of carboxylic acids is 1. The van der Waals surface area contributed by atoms with Crippen molar-refractivity contribution >= 4 is 29.1 Å². The van der Waals surface area contributed by atoms with Gasteiger partial charge in [-0.2, -0.15) is 9.89 Å². The summed E-state index contributed by atoms with van der Waals surface area (Å²) in [6, 6.07) is 2.44. The number of rotatable bonds is 4. The Kier molecular flexibility index (Phi) is 4.86. The number of aromatic nitrogens is 2. The zero-order valence-electron chi connectivity index (χ0n) is 13.0. The van der Waals surface area contributed by atoms with Crippen LogP contribution in [-0.4, -0.2) is 26.9 Å². The number of halogens is 2. The third kappa shape index (κ3) is 3.43. The standard InChI is InChI=1S/C14H13F2N7O3/c1-5(15)6-3-10(7(14(25)26)2-8(6)16)20-13(24)11-4-9(17)12(21-18)23(19)22-11/h2-4H,1,17-19H2,(H,20,24)(H,25,26)/b21-12-. The predicted octanol–water partition coefficient (Wildman–Crippen LogP) is -0.0167. The third-order valence-corrected chi connectivity index (χ3v) is 3.22. The molecule has 136 valence electrons. The van der Waals surface area contributed by atoms with Crippen molar-refractivity contribution in [1.82, 2.24) is 9.89 Å². The van der Waals surface area contributed by atoms with Crippen LogP contribution in [0, 0.1) is 5.82 Å². The van der Waals surface area contributed by atoms with Crippen molar-refractivity contribution in [2.24, 2.45) is 10.9 Å². The molecular formula is C14H13F2N7O3. The molecule has 0 radical (unpaired) electrons. The normalized spacial score (nSPS) is 11.2. The van der Waals surface area contributed by atoms with E-state index in [-0.39, 0.29) is 22.6 Å². The van der Waals surface area contributed by atoms with Crippen molar-refractivity contribution in [3.63, 3.8) is 0 Å². The molecule has 12 heteroatoms. The highest BCUT2D eigenvalue weighted by molar-refractivity contribution is 6.07. The topological polar surface area (TPSA) is 175 Å². The Morgan fingerprint density at radius 3 is 2.46 bits per heavy atom. The van der Waals surface area contributed by atoms with Gasteiger partial charge >= 0.3 is 5.97 Å². The van der Waals surface area contributed by atoms with Gasteiger partial charge in [-0.1, -0.05) is 6.58 Å². The Morgan fingerprint density at radius 2 is 1.96 bits per heavy atom. The van der Waals surface area contributed by atoms with Crippen LogP contribution in [-0.2, 0) is 0 Å². The molecule has 1 heterocycles. The lowest BCUT2D eigenvalue weighted by Crippen LogP contribution is -2.35. The molecule has 26 heavy (non-hydrogen) atoms. The molecule has 0 aliphatic carbocycles. The molecule has 0 spiro atoms. The summed E-state index contributed by atoms with van der Waals surface area (Å²) in [7, 11) is 0. The summed E-state index contributed by atoms with van der Waals surface area (Å²) >= 11 is 0. The van der Waals surface area contributed by atoms with E-state index in [1.54, 1.807) is 0 Å². The number of nitrogens with zero attached hydrogens (tertiary/aromatic N) is 3. The second kappa shape index (κ2) is 6.88. The minimum atomic E-state index is -1.55. The average Bonchev–Trinajstić information content (AvgIpc) is 2.55. The lowest BCUT2D eigenvalue weighted by atomic mass is 10.1. The molecule has 0 unspecified atom stereocenters. The number of nitrogens with two attached hydrogens (primary N) is 3. The van der Waals surface area contributed by atoms with Crippen LogP contribution in [0.2, 0.25) is 0 Å². The van der Waals surface area contributed by atoms with Gasteiger partial charge < -0.3 is 27.8 Å². The highest BCUT2D eigenvalue weighted by Gasteiger charge is 2.20. The lowest BCUT2D eigenvalue weighted by Gasteiger charge is -2.11. The minimum absolute atomic E-state index is 0.0782. The average molecular weight is 365 g/mol. The number of carboxylic acid groups (broad SMARTS) is 1. The minimum Gasteiger partial charge on any atom is -0.478 e. The van der Waals surface area contributed by atoms with Gasteiger partial charge in [-0.15, -0.1) is 5.10 Å². The second-order valence-electron chi connectivity index (χ2n) is 4.92. The number of amides is 1. The molecule has 8 N–H and O–H groups in total. The molecule has 0 bridgehead atoms. The highest BCUT2D eigenvalue weighted by Crippen LogP contribution is 2.26. The fourth-order valence-electron chi connectivity index (χ4n) is 2.03. The molecule has 10 nitrogen and oxygen atoms in total. The first kappa shape index (κ1) is 18.4. The van der Waals surface area contributed by atoms with Crippen LogP contribution < -0.4 is 28.2 Å². The number of nitrogen functional groups attached to an aromatic ring is 2. The smallest absolute Gasteiger partial charge is 0.337 e. The van der Waals surface area contributed by atoms with Crippen molar-refractivity contribution in [3.05, 3.63) is 52.9 Å². The maximum Gasteiger partial charge on any atom is 0.337 e. The fourth-order valence-corrected chi connectivity index (χ4v) is 2.03. The SMILES string of the molecule is C=C(F)c1cc(NC(=O)c2cc(N)/c(=N/N)n(N)n2)c(C(=O)O)cc1F. The van der Waals surface area contributed by atoms with Gasteiger partial charge in [-0.3, -0.25) is 4.79 Å². The van der Waals surface area contributed by atoms with Gasteiger partial charge in [-0.25, -0.2) is 13.6 Å². The fraction of sp³-hybridized carbons (Fsp3) is 0. The number of benzene rings is 1. The van der Waals surface area contributed by atoms with Crippen LogP contribution in [0.5, 0.6) is 0 Å². The van der Waals surface area contributed by atoms with Crippen LogP contribution in [0.25, 0.3) is 5.83 Å². The Labute approximate surface area is 144 Å². The monoisotopic (exact) mass is 365 g/mol. The van der Waals surface area contributed by atoms with Crippen molar-refractivity contribution in [2.45, 2.75) is 0 Å². The van der Waals surface area contributed by atoms with Crippen molar-refractivity contribution in [1.29, 1.82) is 0 Å². The van der Waals surface area contributed by atoms with E-state index in [4.69, 9.17) is 22.5 Å². The third-order valence-electron chi connectivity index (χ3n) is 3.22. The summed E-state index contributed by atoms with van der Waals surface area (Å²) in [6.45, 7) is 2.94. The van der Waals surface area contributed by atoms with Crippen LogP contribution in [0.15, 0.2) is 29.9 Å². The summed E-state index contributed by atoms with van der Waals surface area (Å²) in [5, 5.41) is 18.3. The number of anilines is 2. The number of carbonyl (C=O) groups excluding carboxylic acids is 1. The molecular weight excluding hydrogens is 352 g/mol. The molecule has 0 saturated heterocycles. The van der Waals surface area contributed by atoms with E-state index >= 15 is 0 Å². The van der Waals surface area contributed by atoms with Crippen LogP contribution in [0.4, 0.5) is 20.2 Å². The maximum atomic E-state index is 13.7.